The molecule has 0 radical (unpaired) electrons. The number of Topliss-reactive ketones (excluding diaryl/α,β-unsaturated/α-hetero) is 1. The topological polar surface area (TPSA) is 87.1 Å². The van der Waals surface area contributed by atoms with Gasteiger partial charge in [-0.3, -0.25) is 14.5 Å². The number of phenols is 1. The quantitative estimate of drug-likeness (QED) is 0.271. The van der Waals surface area contributed by atoms with Crippen LogP contribution in [0.3, 0.4) is 0 Å². The lowest BCUT2D eigenvalue weighted by molar-refractivity contribution is -0.137. The number of phenolic OH excluding ortho intramolecular Hbond substituents is 1. The fourth-order valence-electron chi connectivity index (χ4n) is 3.87. The molecule has 2 N–H and O–H groups in total. The third-order valence-corrected chi connectivity index (χ3v) is 5.79. The summed E-state index contributed by atoms with van der Waals surface area (Å²) in [5.74, 6) is -2.98. The van der Waals surface area contributed by atoms with Gasteiger partial charge in [-0.05, 0) is 60.2 Å². The summed E-state index contributed by atoms with van der Waals surface area (Å²) in [4.78, 5) is 27.1. The summed E-state index contributed by atoms with van der Waals surface area (Å²) < 4.78 is 45.2. The third-order valence-electron chi connectivity index (χ3n) is 5.53. The average molecular weight is 504 g/mol. The van der Waals surface area contributed by atoms with Crippen LogP contribution >= 0.6 is 11.6 Å². The van der Waals surface area contributed by atoms with Crippen LogP contribution in [0.1, 0.15) is 22.7 Å². The highest BCUT2D eigenvalue weighted by Crippen LogP contribution is 2.45. The number of ether oxygens (including phenoxy) is 1. The Labute approximate surface area is 202 Å². The highest BCUT2D eigenvalue weighted by Gasteiger charge is 2.47. The van der Waals surface area contributed by atoms with E-state index in [9.17, 15) is 33.0 Å². The fraction of sp³-hybridized carbons (Fsp3) is 0.120. The van der Waals surface area contributed by atoms with Gasteiger partial charge in [0.2, 0.25) is 0 Å². The number of aliphatic hydroxyl groups is 1. The molecule has 1 heterocycles. The van der Waals surface area contributed by atoms with Crippen LogP contribution in [0.4, 0.5) is 18.9 Å². The number of aromatic hydroxyl groups is 1. The summed E-state index contributed by atoms with van der Waals surface area (Å²) in [6, 6.07) is 12.4. The van der Waals surface area contributed by atoms with E-state index in [4.69, 9.17) is 16.3 Å². The first-order valence-electron chi connectivity index (χ1n) is 10.1. The van der Waals surface area contributed by atoms with E-state index < -0.39 is 35.2 Å². The zero-order valence-corrected chi connectivity index (χ0v) is 18.8. The second-order valence-corrected chi connectivity index (χ2v) is 8.09. The van der Waals surface area contributed by atoms with Gasteiger partial charge in [0.1, 0.15) is 5.76 Å². The Kier molecular flexibility index (Phi) is 6.21. The van der Waals surface area contributed by atoms with E-state index >= 15 is 0 Å². The molecule has 6 nitrogen and oxygen atoms in total. The van der Waals surface area contributed by atoms with Gasteiger partial charge in [0.05, 0.1) is 24.3 Å². The number of benzene rings is 3. The Hall–Kier alpha value is -3.98. The van der Waals surface area contributed by atoms with Gasteiger partial charge in [-0.1, -0.05) is 23.7 Å². The molecule has 1 amide bonds. The van der Waals surface area contributed by atoms with E-state index in [0.29, 0.717) is 5.02 Å². The van der Waals surface area contributed by atoms with Gasteiger partial charge < -0.3 is 14.9 Å². The Morgan fingerprint density at radius 3 is 2.34 bits per heavy atom. The number of carbonyl (C=O) groups excluding carboxylic acids is 2. The monoisotopic (exact) mass is 503 g/mol. The largest absolute Gasteiger partial charge is 0.507 e. The Morgan fingerprint density at radius 1 is 1.03 bits per heavy atom. The molecule has 0 spiro atoms. The molecule has 180 valence electrons. The molecule has 3 aromatic carbocycles. The summed E-state index contributed by atoms with van der Waals surface area (Å²) >= 11 is 5.90. The molecule has 1 aliphatic heterocycles. The van der Waals surface area contributed by atoms with Crippen LogP contribution in [0.15, 0.2) is 72.3 Å². The number of amides is 1. The van der Waals surface area contributed by atoms with Gasteiger partial charge in [0.25, 0.3) is 11.7 Å². The normalized spacial score (nSPS) is 17.6. The molecule has 1 fully saturated rings. The van der Waals surface area contributed by atoms with Crippen molar-refractivity contribution in [2.75, 3.05) is 12.0 Å². The van der Waals surface area contributed by atoms with E-state index in [1.54, 1.807) is 0 Å². The zero-order chi connectivity index (χ0) is 25.5. The van der Waals surface area contributed by atoms with Crippen LogP contribution < -0.4 is 9.64 Å². The van der Waals surface area contributed by atoms with Crippen LogP contribution in [-0.2, 0) is 15.8 Å². The van der Waals surface area contributed by atoms with E-state index in [-0.39, 0.29) is 33.9 Å². The number of hydrogen-bond donors (Lipinski definition) is 2. The summed E-state index contributed by atoms with van der Waals surface area (Å²) in [5, 5.41) is 21.4. The average Bonchev–Trinajstić information content (AvgIpc) is 3.09. The van der Waals surface area contributed by atoms with Crippen LogP contribution in [0.5, 0.6) is 11.5 Å². The Bertz CT molecular complexity index is 1350. The number of methoxy groups -OCH3 is 1. The minimum atomic E-state index is -4.69. The summed E-state index contributed by atoms with van der Waals surface area (Å²) in [6.45, 7) is 0. The van der Waals surface area contributed by atoms with Gasteiger partial charge >= 0.3 is 6.18 Å². The predicted molar refractivity (Wildman–Crippen MR) is 122 cm³/mol. The Morgan fingerprint density at radius 2 is 1.71 bits per heavy atom. The van der Waals surface area contributed by atoms with Crippen molar-refractivity contribution in [2.45, 2.75) is 12.2 Å². The second kappa shape index (κ2) is 8.99. The molecular formula is C25H17ClF3NO5. The molecule has 1 aliphatic rings. The molecule has 1 atom stereocenters. The molecule has 0 saturated carbocycles. The van der Waals surface area contributed by atoms with Crippen molar-refractivity contribution in [3.63, 3.8) is 0 Å². The summed E-state index contributed by atoms with van der Waals surface area (Å²) in [7, 11) is 1.29. The lowest BCUT2D eigenvalue weighted by atomic mass is 9.94. The number of anilines is 1. The molecule has 4 rings (SSSR count). The van der Waals surface area contributed by atoms with Crippen LogP contribution in [0.25, 0.3) is 5.76 Å². The van der Waals surface area contributed by atoms with Gasteiger partial charge in [0.15, 0.2) is 11.5 Å². The van der Waals surface area contributed by atoms with E-state index in [2.05, 4.69) is 0 Å². The van der Waals surface area contributed by atoms with Gasteiger partial charge in [0, 0.05) is 16.3 Å². The molecule has 0 bridgehead atoms. The van der Waals surface area contributed by atoms with Crippen molar-refractivity contribution in [1.29, 1.82) is 0 Å². The first-order chi connectivity index (χ1) is 16.5. The maximum Gasteiger partial charge on any atom is 0.416 e. The number of hydrogen-bond acceptors (Lipinski definition) is 5. The Balaban J connectivity index is 1.97. The van der Waals surface area contributed by atoms with Crippen LogP contribution in [0.2, 0.25) is 5.02 Å². The molecular weight excluding hydrogens is 487 g/mol. The zero-order valence-electron chi connectivity index (χ0n) is 18.0. The molecule has 1 unspecified atom stereocenters. The minimum absolute atomic E-state index is 0.00335. The maximum absolute atomic E-state index is 13.4. The van der Waals surface area contributed by atoms with Crippen molar-refractivity contribution in [3.05, 3.63) is 94.0 Å². The van der Waals surface area contributed by atoms with E-state index in [1.807, 2.05) is 0 Å². The number of ketones is 1. The lowest BCUT2D eigenvalue weighted by Crippen LogP contribution is -2.29. The summed E-state index contributed by atoms with van der Waals surface area (Å²) in [5.41, 5.74) is -1.17. The molecule has 35 heavy (non-hydrogen) atoms. The highest BCUT2D eigenvalue weighted by molar-refractivity contribution is 6.51. The van der Waals surface area contributed by atoms with Crippen molar-refractivity contribution < 1.29 is 37.7 Å². The van der Waals surface area contributed by atoms with Crippen LogP contribution in [-0.4, -0.2) is 29.0 Å². The molecule has 1 saturated heterocycles. The van der Waals surface area contributed by atoms with E-state index in [0.717, 1.165) is 23.1 Å². The lowest BCUT2D eigenvalue weighted by Gasteiger charge is -2.26. The number of aliphatic hydroxyl groups excluding tert-OH is 1. The maximum atomic E-state index is 13.4. The van der Waals surface area contributed by atoms with Gasteiger partial charge in [-0.15, -0.1) is 0 Å². The molecule has 3 aromatic rings. The van der Waals surface area contributed by atoms with Crippen molar-refractivity contribution in [1.82, 2.24) is 0 Å². The fourth-order valence-corrected chi connectivity index (χ4v) is 4.00. The number of halogens is 4. The number of rotatable bonds is 4. The minimum Gasteiger partial charge on any atom is -0.507 e. The predicted octanol–water partition coefficient (Wildman–Crippen LogP) is 5.70. The SMILES string of the molecule is COc1cc(C2/C(=C(/O)c3ccc(Cl)cc3)C(=O)C(=O)N2c2cccc(C(F)(F)F)c2)ccc1O. The third kappa shape index (κ3) is 4.42. The molecule has 10 heteroatoms. The smallest absolute Gasteiger partial charge is 0.416 e. The number of nitrogens with zero attached hydrogens (tertiary/aromatic N) is 1. The first kappa shape index (κ1) is 24.2. The molecule has 0 aromatic heterocycles. The van der Waals surface area contributed by atoms with Crippen molar-refractivity contribution in [3.8, 4) is 11.5 Å². The van der Waals surface area contributed by atoms with Gasteiger partial charge in [-0.2, -0.15) is 13.2 Å². The van der Waals surface area contributed by atoms with Gasteiger partial charge in [-0.25, -0.2) is 0 Å². The van der Waals surface area contributed by atoms with Crippen molar-refractivity contribution >= 4 is 34.7 Å². The van der Waals surface area contributed by atoms with Crippen LogP contribution in [0, 0.1) is 0 Å². The summed E-state index contributed by atoms with van der Waals surface area (Å²) in [6.07, 6.45) is -4.69. The molecule has 0 aliphatic carbocycles. The highest BCUT2D eigenvalue weighted by atomic mass is 35.5. The first-order valence-corrected chi connectivity index (χ1v) is 10.5. The number of alkyl halides is 3. The number of carbonyl (C=O) groups is 2. The second-order valence-electron chi connectivity index (χ2n) is 7.66. The van der Waals surface area contributed by atoms with E-state index in [1.165, 1.54) is 55.6 Å². The van der Waals surface area contributed by atoms with Crippen molar-refractivity contribution in [2.24, 2.45) is 0 Å². The standard InChI is InChI=1S/C25H17ClF3NO5/c1-35-19-11-14(7-10-18(19)31)21-20(22(32)13-5-8-16(26)9-6-13)23(33)24(34)30(21)17-4-2-3-15(12-17)25(27,28)29/h2-12,21,31-32H,1H3/b22-20-.